The average molecular weight is 245 g/mol. The van der Waals surface area contributed by atoms with Gasteiger partial charge in [0.1, 0.15) is 5.82 Å². The molecule has 1 saturated heterocycles. The molecule has 4 nitrogen and oxygen atoms in total. The fourth-order valence-corrected chi connectivity index (χ4v) is 2.66. The summed E-state index contributed by atoms with van der Waals surface area (Å²) < 4.78 is 7.95. The van der Waals surface area contributed by atoms with Crippen LogP contribution in [-0.2, 0) is 17.7 Å². The molecule has 3 rings (SSSR count). The maximum atomic E-state index is 5.80. The minimum absolute atomic E-state index is 0.315. The zero-order chi connectivity index (χ0) is 12.4. The third kappa shape index (κ3) is 2.13. The topological polar surface area (TPSA) is 52.5 Å². The molecule has 0 radical (unpaired) electrons. The van der Waals surface area contributed by atoms with Crippen LogP contribution < -0.4 is 5.73 Å². The van der Waals surface area contributed by atoms with Crippen molar-refractivity contribution in [3.63, 3.8) is 0 Å². The molecule has 1 fully saturated rings. The number of imidazole rings is 1. The Kier molecular flexibility index (Phi) is 3.30. The molecule has 1 aliphatic heterocycles. The predicted octanol–water partition coefficient (Wildman–Crippen LogP) is 1.90. The number of hydrogen-bond acceptors (Lipinski definition) is 3. The molecule has 1 aliphatic rings. The Hall–Kier alpha value is -1.39. The van der Waals surface area contributed by atoms with Crippen molar-refractivity contribution in [3.05, 3.63) is 35.9 Å². The number of nitrogens with zero attached hydrogens (tertiary/aromatic N) is 2. The van der Waals surface area contributed by atoms with Gasteiger partial charge in [-0.1, -0.05) is 6.07 Å². The lowest BCUT2D eigenvalue weighted by atomic mass is 10.1. The number of pyridine rings is 1. The lowest BCUT2D eigenvalue weighted by molar-refractivity contribution is 0.0155. The van der Waals surface area contributed by atoms with Gasteiger partial charge >= 0.3 is 0 Å². The molecular formula is C14H19N3O. The van der Waals surface area contributed by atoms with Crippen molar-refractivity contribution in [1.82, 2.24) is 9.38 Å². The van der Waals surface area contributed by atoms with Gasteiger partial charge in [0.15, 0.2) is 0 Å². The van der Waals surface area contributed by atoms with E-state index < -0.39 is 0 Å². The van der Waals surface area contributed by atoms with Crippen LogP contribution in [0.15, 0.2) is 24.4 Å². The first-order valence-electron chi connectivity index (χ1n) is 6.64. The zero-order valence-electron chi connectivity index (χ0n) is 10.5. The quantitative estimate of drug-likeness (QED) is 0.898. The number of aromatic nitrogens is 2. The molecular weight excluding hydrogens is 226 g/mol. The molecule has 2 N–H and O–H groups in total. The Morgan fingerprint density at radius 2 is 2.33 bits per heavy atom. The maximum absolute atomic E-state index is 5.80. The molecule has 96 valence electrons. The summed E-state index contributed by atoms with van der Waals surface area (Å²) >= 11 is 0. The van der Waals surface area contributed by atoms with Crippen LogP contribution in [0.5, 0.6) is 0 Å². The molecule has 18 heavy (non-hydrogen) atoms. The lowest BCUT2D eigenvalue weighted by Gasteiger charge is -2.22. The Balaban J connectivity index is 1.91. The summed E-state index contributed by atoms with van der Waals surface area (Å²) in [6.07, 6.45) is 6.70. The van der Waals surface area contributed by atoms with Crippen molar-refractivity contribution in [1.29, 1.82) is 0 Å². The molecule has 2 aromatic heterocycles. The van der Waals surface area contributed by atoms with Crippen LogP contribution >= 0.6 is 0 Å². The van der Waals surface area contributed by atoms with Crippen molar-refractivity contribution in [2.24, 2.45) is 5.73 Å². The fourth-order valence-electron chi connectivity index (χ4n) is 2.66. The minimum atomic E-state index is 0.315. The highest BCUT2D eigenvalue weighted by Crippen LogP contribution is 2.18. The van der Waals surface area contributed by atoms with Crippen LogP contribution in [0, 0.1) is 0 Å². The molecule has 0 saturated carbocycles. The normalized spacial score (nSPS) is 20.4. The van der Waals surface area contributed by atoms with E-state index in [9.17, 15) is 0 Å². The van der Waals surface area contributed by atoms with Gasteiger partial charge in [-0.2, -0.15) is 0 Å². The first-order valence-corrected chi connectivity index (χ1v) is 6.64. The molecule has 0 aliphatic carbocycles. The van der Waals surface area contributed by atoms with Crippen LogP contribution in [0.4, 0.5) is 0 Å². The number of rotatable bonds is 3. The second kappa shape index (κ2) is 5.08. The van der Waals surface area contributed by atoms with Gasteiger partial charge in [-0.05, 0) is 31.4 Å². The van der Waals surface area contributed by atoms with Crippen molar-refractivity contribution in [2.45, 2.75) is 38.3 Å². The third-order valence-corrected chi connectivity index (χ3v) is 3.60. The summed E-state index contributed by atoms with van der Waals surface area (Å²) in [4.78, 5) is 4.53. The summed E-state index contributed by atoms with van der Waals surface area (Å²) in [5.74, 6) is 1.07. The van der Waals surface area contributed by atoms with Gasteiger partial charge in [-0.15, -0.1) is 0 Å². The van der Waals surface area contributed by atoms with Crippen molar-refractivity contribution >= 4 is 5.52 Å². The highest BCUT2D eigenvalue weighted by atomic mass is 16.5. The maximum Gasteiger partial charge on any atom is 0.116 e. The van der Waals surface area contributed by atoms with E-state index in [1.807, 2.05) is 12.3 Å². The molecule has 3 heterocycles. The average Bonchev–Trinajstić information content (AvgIpc) is 2.83. The van der Waals surface area contributed by atoms with Gasteiger partial charge in [0.2, 0.25) is 0 Å². The summed E-state index contributed by atoms with van der Waals surface area (Å²) in [5, 5.41) is 0. The number of nitrogens with two attached hydrogens (primary N) is 1. The van der Waals surface area contributed by atoms with Crippen LogP contribution in [0.1, 0.15) is 30.8 Å². The van der Waals surface area contributed by atoms with Crippen molar-refractivity contribution in [2.75, 3.05) is 6.61 Å². The highest BCUT2D eigenvalue weighted by Gasteiger charge is 2.17. The van der Waals surface area contributed by atoms with E-state index >= 15 is 0 Å². The molecule has 0 spiro atoms. The van der Waals surface area contributed by atoms with Gasteiger partial charge < -0.3 is 10.5 Å². The lowest BCUT2D eigenvalue weighted by Crippen LogP contribution is -2.23. The second-order valence-corrected chi connectivity index (χ2v) is 4.85. The molecule has 1 unspecified atom stereocenters. The van der Waals surface area contributed by atoms with Crippen LogP contribution in [-0.4, -0.2) is 22.1 Å². The Labute approximate surface area is 107 Å². The van der Waals surface area contributed by atoms with E-state index in [4.69, 9.17) is 10.5 Å². The van der Waals surface area contributed by atoms with Gasteiger partial charge in [-0.25, -0.2) is 4.98 Å². The van der Waals surface area contributed by atoms with Gasteiger partial charge in [0, 0.05) is 25.3 Å². The van der Waals surface area contributed by atoms with Gasteiger partial charge in [0.25, 0.3) is 0 Å². The Bertz CT molecular complexity index is 529. The van der Waals surface area contributed by atoms with Crippen molar-refractivity contribution < 1.29 is 4.74 Å². The van der Waals surface area contributed by atoms with E-state index in [2.05, 4.69) is 21.5 Å². The Morgan fingerprint density at radius 3 is 3.11 bits per heavy atom. The summed E-state index contributed by atoms with van der Waals surface area (Å²) in [7, 11) is 0. The van der Waals surface area contributed by atoms with Crippen LogP contribution in [0.25, 0.3) is 5.52 Å². The van der Waals surface area contributed by atoms with E-state index in [0.717, 1.165) is 36.5 Å². The highest BCUT2D eigenvalue weighted by molar-refractivity contribution is 5.47. The predicted molar refractivity (Wildman–Crippen MR) is 70.4 cm³/mol. The molecule has 0 amide bonds. The smallest absolute Gasteiger partial charge is 0.116 e. The SMILES string of the molecule is NCc1cccc2cnc(CC3CCCCO3)n12. The zero-order valence-corrected chi connectivity index (χ0v) is 10.5. The standard InChI is InChI=1S/C14H19N3O/c15-9-11-4-3-5-12-10-16-14(17(11)12)8-13-6-1-2-7-18-13/h3-5,10,13H,1-2,6-9,15H2. The number of ether oxygens (including phenoxy) is 1. The first-order chi connectivity index (χ1) is 8.88. The molecule has 2 aromatic rings. The van der Waals surface area contributed by atoms with Crippen LogP contribution in [0.3, 0.4) is 0 Å². The minimum Gasteiger partial charge on any atom is -0.378 e. The van der Waals surface area contributed by atoms with Gasteiger partial charge in [0.05, 0.1) is 17.8 Å². The molecule has 0 aromatic carbocycles. The monoisotopic (exact) mass is 245 g/mol. The summed E-state index contributed by atoms with van der Waals surface area (Å²) in [6, 6.07) is 6.15. The second-order valence-electron chi connectivity index (χ2n) is 4.85. The van der Waals surface area contributed by atoms with E-state index in [1.54, 1.807) is 0 Å². The van der Waals surface area contributed by atoms with E-state index in [-0.39, 0.29) is 0 Å². The number of hydrogen-bond donors (Lipinski definition) is 1. The molecule has 0 bridgehead atoms. The number of fused-ring (bicyclic) bond motifs is 1. The largest absolute Gasteiger partial charge is 0.378 e. The van der Waals surface area contributed by atoms with Crippen LogP contribution in [0.2, 0.25) is 0 Å². The molecule has 4 heteroatoms. The fraction of sp³-hybridized carbons (Fsp3) is 0.500. The summed E-state index contributed by atoms with van der Waals surface area (Å²) in [5.41, 5.74) is 8.02. The van der Waals surface area contributed by atoms with E-state index in [1.165, 1.54) is 12.8 Å². The first kappa shape index (κ1) is 11.7. The summed E-state index contributed by atoms with van der Waals surface area (Å²) in [6.45, 7) is 1.42. The third-order valence-electron chi connectivity index (χ3n) is 3.60. The van der Waals surface area contributed by atoms with Crippen molar-refractivity contribution in [3.8, 4) is 0 Å². The molecule has 1 atom stereocenters. The Morgan fingerprint density at radius 1 is 1.39 bits per heavy atom. The van der Waals surface area contributed by atoms with E-state index in [0.29, 0.717) is 12.6 Å². The van der Waals surface area contributed by atoms with Gasteiger partial charge in [-0.3, -0.25) is 4.40 Å².